The van der Waals surface area contributed by atoms with Gasteiger partial charge in [0.05, 0.1) is 11.8 Å². The average molecular weight is 255 g/mol. The van der Waals surface area contributed by atoms with Crippen LogP contribution in [0.15, 0.2) is 0 Å². The highest BCUT2D eigenvalue weighted by Gasteiger charge is 2.42. The zero-order valence-electron chi connectivity index (χ0n) is 11.7. The van der Waals surface area contributed by atoms with Crippen LogP contribution in [0.4, 0.5) is 0 Å². The lowest BCUT2D eigenvalue weighted by molar-refractivity contribution is -0.148. The molecule has 0 spiro atoms. The Hall–Kier alpha value is -1.06. The summed E-state index contributed by atoms with van der Waals surface area (Å²) in [7, 11) is 1.79. The molecule has 1 amide bonds. The normalized spacial score (nSPS) is 27.2. The molecule has 1 aliphatic rings. The molecule has 0 saturated heterocycles. The fraction of sp³-hybridized carbons (Fsp3) is 0.857. The van der Waals surface area contributed by atoms with Gasteiger partial charge in [0.2, 0.25) is 5.91 Å². The summed E-state index contributed by atoms with van der Waals surface area (Å²) in [5, 5.41) is 9.18. The minimum Gasteiger partial charge on any atom is -0.481 e. The van der Waals surface area contributed by atoms with Gasteiger partial charge >= 0.3 is 5.97 Å². The number of unbranched alkanes of at least 4 members (excludes halogenated alkanes) is 2. The smallest absolute Gasteiger partial charge is 0.307 e. The molecule has 0 aliphatic heterocycles. The van der Waals surface area contributed by atoms with Crippen LogP contribution in [0.2, 0.25) is 0 Å². The van der Waals surface area contributed by atoms with Crippen LogP contribution in [0.1, 0.15) is 46.0 Å². The summed E-state index contributed by atoms with van der Waals surface area (Å²) in [6.07, 6.45) is 4.59. The predicted molar refractivity (Wildman–Crippen MR) is 70.2 cm³/mol. The van der Waals surface area contributed by atoms with Gasteiger partial charge in [-0.3, -0.25) is 9.59 Å². The maximum atomic E-state index is 12.3. The number of rotatable bonds is 6. The number of carboxylic acid groups (broad SMARTS) is 1. The Morgan fingerprint density at radius 2 is 1.83 bits per heavy atom. The first-order valence-electron chi connectivity index (χ1n) is 6.95. The first-order valence-corrected chi connectivity index (χ1v) is 6.95. The van der Waals surface area contributed by atoms with E-state index in [-0.39, 0.29) is 11.8 Å². The van der Waals surface area contributed by atoms with Crippen molar-refractivity contribution in [2.45, 2.75) is 46.0 Å². The van der Waals surface area contributed by atoms with Gasteiger partial charge in [0.25, 0.3) is 0 Å². The third-order valence-corrected chi connectivity index (χ3v) is 3.91. The third-order valence-electron chi connectivity index (χ3n) is 3.91. The molecule has 4 heteroatoms. The number of nitrogens with zero attached hydrogens (tertiary/aromatic N) is 1. The van der Waals surface area contributed by atoms with E-state index in [4.69, 9.17) is 0 Å². The maximum Gasteiger partial charge on any atom is 0.307 e. The van der Waals surface area contributed by atoms with Gasteiger partial charge in [-0.1, -0.05) is 26.7 Å². The zero-order chi connectivity index (χ0) is 13.7. The van der Waals surface area contributed by atoms with Crippen molar-refractivity contribution < 1.29 is 14.7 Å². The lowest BCUT2D eigenvalue weighted by atomic mass is 9.95. The minimum absolute atomic E-state index is 0.0165. The molecule has 0 aromatic heterocycles. The van der Waals surface area contributed by atoms with E-state index in [1.807, 2.05) is 6.92 Å². The van der Waals surface area contributed by atoms with Gasteiger partial charge in [-0.2, -0.15) is 0 Å². The molecule has 1 saturated carbocycles. The molecule has 0 bridgehead atoms. The highest BCUT2D eigenvalue weighted by atomic mass is 16.4. The second-order valence-corrected chi connectivity index (χ2v) is 5.59. The van der Waals surface area contributed by atoms with E-state index in [1.165, 1.54) is 0 Å². The number of aliphatic carboxylic acids is 1. The highest BCUT2D eigenvalue weighted by molar-refractivity contribution is 5.85. The number of carbonyl (C=O) groups is 2. The lowest BCUT2D eigenvalue weighted by Gasteiger charge is -2.23. The fourth-order valence-electron chi connectivity index (χ4n) is 2.83. The largest absolute Gasteiger partial charge is 0.481 e. The summed E-state index contributed by atoms with van der Waals surface area (Å²) in [5.41, 5.74) is 0. The van der Waals surface area contributed by atoms with Crippen LogP contribution in [0, 0.1) is 17.8 Å². The highest BCUT2D eigenvalue weighted by Crippen LogP contribution is 2.37. The molecule has 18 heavy (non-hydrogen) atoms. The standard InChI is InChI=1S/C14H25NO3/c1-4-5-6-7-15(3)13(16)11-8-10(2)9-12(11)14(17)18/h10-12H,4-9H2,1-3H3,(H,17,18)/t10?,11-,12+/m0/s1. The first-order chi connectivity index (χ1) is 8.47. The topological polar surface area (TPSA) is 57.6 Å². The Labute approximate surface area is 109 Å². The summed E-state index contributed by atoms with van der Waals surface area (Å²) in [6.45, 7) is 4.89. The number of carboxylic acids is 1. The molecule has 0 aromatic carbocycles. The predicted octanol–water partition coefficient (Wildman–Crippen LogP) is 2.38. The van der Waals surface area contributed by atoms with Gasteiger partial charge in [-0.25, -0.2) is 0 Å². The quantitative estimate of drug-likeness (QED) is 0.741. The zero-order valence-corrected chi connectivity index (χ0v) is 11.7. The van der Waals surface area contributed by atoms with Crippen molar-refractivity contribution in [2.24, 2.45) is 17.8 Å². The first kappa shape index (κ1) is 15.0. The number of hydrogen-bond acceptors (Lipinski definition) is 2. The van der Waals surface area contributed by atoms with Crippen LogP contribution in [-0.4, -0.2) is 35.5 Å². The minimum atomic E-state index is -0.820. The van der Waals surface area contributed by atoms with Crippen molar-refractivity contribution in [3.8, 4) is 0 Å². The summed E-state index contributed by atoms with van der Waals surface area (Å²) < 4.78 is 0. The van der Waals surface area contributed by atoms with Crippen molar-refractivity contribution >= 4 is 11.9 Å². The van der Waals surface area contributed by atoms with E-state index in [1.54, 1.807) is 11.9 Å². The van der Waals surface area contributed by atoms with E-state index < -0.39 is 11.9 Å². The van der Waals surface area contributed by atoms with Crippen molar-refractivity contribution in [1.29, 1.82) is 0 Å². The number of amides is 1. The van der Waals surface area contributed by atoms with Crippen LogP contribution < -0.4 is 0 Å². The molecule has 4 nitrogen and oxygen atoms in total. The van der Waals surface area contributed by atoms with Crippen molar-refractivity contribution in [3.63, 3.8) is 0 Å². The van der Waals surface area contributed by atoms with E-state index in [9.17, 15) is 14.7 Å². The Bertz CT molecular complexity index is 303. The maximum absolute atomic E-state index is 12.3. The summed E-state index contributed by atoms with van der Waals surface area (Å²) in [6, 6.07) is 0. The molecular formula is C14H25NO3. The third kappa shape index (κ3) is 3.72. The lowest BCUT2D eigenvalue weighted by Crippen LogP contribution is -2.37. The molecule has 1 N–H and O–H groups in total. The molecule has 1 fully saturated rings. The summed E-state index contributed by atoms with van der Waals surface area (Å²) >= 11 is 0. The Morgan fingerprint density at radius 3 is 2.39 bits per heavy atom. The SMILES string of the molecule is CCCCCN(C)C(=O)[C@H]1CC(C)C[C@H]1C(=O)O. The number of hydrogen-bond donors (Lipinski definition) is 1. The van der Waals surface area contributed by atoms with Crippen LogP contribution in [0.25, 0.3) is 0 Å². The van der Waals surface area contributed by atoms with Crippen molar-refractivity contribution in [2.75, 3.05) is 13.6 Å². The Morgan fingerprint density at radius 1 is 1.22 bits per heavy atom. The molecule has 1 aliphatic carbocycles. The van der Waals surface area contributed by atoms with Crippen LogP contribution in [0.3, 0.4) is 0 Å². The molecule has 3 atom stereocenters. The van der Waals surface area contributed by atoms with Crippen LogP contribution >= 0.6 is 0 Å². The van der Waals surface area contributed by atoms with E-state index in [2.05, 4.69) is 6.92 Å². The van der Waals surface area contributed by atoms with E-state index in [0.717, 1.165) is 25.8 Å². The molecule has 1 rings (SSSR count). The monoisotopic (exact) mass is 255 g/mol. The van der Waals surface area contributed by atoms with Crippen LogP contribution in [-0.2, 0) is 9.59 Å². The second-order valence-electron chi connectivity index (χ2n) is 5.59. The average Bonchev–Trinajstić information content (AvgIpc) is 2.70. The summed E-state index contributed by atoms with van der Waals surface area (Å²) in [4.78, 5) is 25.2. The van der Waals surface area contributed by atoms with Crippen LogP contribution in [0.5, 0.6) is 0 Å². The van der Waals surface area contributed by atoms with E-state index in [0.29, 0.717) is 18.8 Å². The molecule has 0 aromatic rings. The van der Waals surface area contributed by atoms with Gasteiger partial charge in [0, 0.05) is 13.6 Å². The second kappa shape index (κ2) is 6.76. The molecule has 104 valence electrons. The summed E-state index contributed by atoms with van der Waals surface area (Å²) in [5.74, 6) is -1.27. The number of carbonyl (C=O) groups excluding carboxylic acids is 1. The molecule has 0 radical (unpaired) electrons. The Kier molecular flexibility index (Phi) is 5.63. The van der Waals surface area contributed by atoms with Gasteiger partial charge in [0.1, 0.15) is 0 Å². The van der Waals surface area contributed by atoms with Crippen molar-refractivity contribution in [1.82, 2.24) is 4.90 Å². The Balaban J connectivity index is 2.56. The molecular weight excluding hydrogens is 230 g/mol. The van der Waals surface area contributed by atoms with Gasteiger partial charge < -0.3 is 10.0 Å². The van der Waals surface area contributed by atoms with E-state index >= 15 is 0 Å². The molecule has 0 heterocycles. The van der Waals surface area contributed by atoms with Crippen molar-refractivity contribution in [3.05, 3.63) is 0 Å². The fourth-order valence-corrected chi connectivity index (χ4v) is 2.83. The molecule has 1 unspecified atom stereocenters. The van der Waals surface area contributed by atoms with Gasteiger partial charge in [0.15, 0.2) is 0 Å². The van der Waals surface area contributed by atoms with Gasteiger partial charge in [-0.15, -0.1) is 0 Å². The van der Waals surface area contributed by atoms with Gasteiger partial charge in [-0.05, 0) is 25.2 Å².